The van der Waals surface area contributed by atoms with Gasteiger partial charge in [-0.15, -0.1) is 0 Å². The number of aliphatic hydroxyl groups is 1. The maximum Gasteiger partial charge on any atom is 0.235 e. The quantitative estimate of drug-likeness (QED) is 0.556. The van der Waals surface area contributed by atoms with Gasteiger partial charge < -0.3 is 10.4 Å². The molecular formula is C20H23ClFN5O2. The third-order valence-electron chi connectivity index (χ3n) is 4.55. The first kappa shape index (κ1) is 21.2. The molecule has 2 aromatic rings. The number of allylic oxidation sites excluding steroid dienone is 1. The number of hydrogen-bond acceptors (Lipinski definition) is 5. The first-order chi connectivity index (χ1) is 13.8. The summed E-state index contributed by atoms with van der Waals surface area (Å²) in [5, 5.41) is 18.2. The van der Waals surface area contributed by atoms with Crippen LogP contribution in [0, 0.1) is 12.7 Å². The van der Waals surface area contributed by atoms with E-state index in [4.69, 9.17) is 11.6 Å². The van der Waals surface area contributed by atoms with Crippen LogP contribution in [0.5, 0.6) is 0 Å². The maximum absolute atomic E-state index is 14.0. The van der Waals surface area contributed by atoms with Crippen molar-refractivity contribution in [2.75, 3.05) is 13.2 Å². The van der Waals surface area contributed by atoms with Crippen molar-refractivity contribution in [3.8, 4) is 11.3 Å². The molecule has 1 aromatic heterocycles. The topological polar surface area (TPSA) is 82.8 Å². The van der Waals surface area contributed by atoms with Gasteiger partial charge in [0, 0.05) is 11.8 Å². The highest BCUT2D eigenvalue weighted by Crippen LogP contribution is 2.30. The van der Waals surface area contributed by atoms with Crippen molar-refractivity contribution in [1.82, 2.24) is 20.0 Å². The van der Waals surface area contributed by atoms with Crippen LogP contribution >= 0.6 is 11.6 Å². The van der Waals surface area contributed by atoms with Crippen molar-refractivity contribution in [3.63, 3.8) is 0 Å². The highest BCUT2D eigenvalue weighted by molar-refractivity contribution is 6.29. The van der Waals surface area contributed by atoms with Gasteiger partial charge in [-0.1, -0.05) is 11.6 Å². The van der Waals surface area contributed by atoms with Crippen molar-refractivity contribution in [2.45, 2.75) is 33.0 Å². The van der Waals surface area contributed by atoms with Crippen LogP contribution in [0.1, 0.15) is 37.4 Å². The molecule has 1 fully saturated rings. The number of hydrogen-bond donors (Lipinski definition) is 2. The molecule has 1 aromatic carbocycles. The molecule has 1 aliphatic heterocycles. The van der Waals surface area contributed by atoms with Crippen LogP contribution in [0.4, 0.5) is 4.39 Å². The normalized spacial score (nSPS) is 17.7. The third-order valence-corrected chi connectivity index (χ3v) is 4.77. The number of aryl methyl sites for hydroxylation is 1. The number of halogens is 2. The van der Waals surface area contributed by atoms with Gasteiger partial charge in [0.25, 0.3) is 0 Å². The molecule has 0 saturated carbocycles. The first-order valence-electron chi connectivity index (χ1n) is 9.20. The predicted octanol–water partition coefficient (Wildman–Crippen LogP) is 3.11. The fraction of sp³-hybridized carbons (Fsp3) is 0.350. The van der Waals surface area contributed by atoms with Crippen LogP contribution in [0.2, 0.25) is 0 Å². The fourth-order valence-corrected chi connectivity index (χ4v) is 3.51. The highest BCUT2D eigenvalue weighted by Gasteiger charge is 2.29. The summed E-state index contributed by atoms with van der Waals surface area (Å²) < 4.78 is 15.7. The monoisotopic (exact) mass is 419 g/mol. The minimum Gasteiger partial charge on any atom is -0.372 e. The Bertz CT molecular complexity index is 952. The molecule has 1 saturated heterocycles. The number of aromatic nitrogens is 2. The van der Waals surface area contributed by atoms with Gasteiger partial charge in [-0.25, -0.2) is 14.3 Å². The van der Waals surface area contributed by atoms with E-state index < -0.39 is 6.23 Å². The average molecular weight is 420 g/mol. The molecule has 154 valence electrons. The van der Waals surface area contributed by atoms with Gasteiger partial charge in [0.1, 0.15) is 16.7 Å². The summed E-state index contributed by atoms with van der Waals surface area (Å²) in [4.78, 5) is 17.1. The Hall–Kier alpha value is -2.55. The van der Waals surface area contributed by atoms with Crippen molar-refractivity contribution >= 4 is 23.7 Å². The van der Waals surface area contributed by atoms with Gasteiger partial charge in [-0.2, -0.15) is 5.10 Å². The van der Waals surface area contributed by atoms with Crippen molar-refractivity contribution < 1.29 is 14.3 Å². The van der Waals surface area contributed by atoms with Crippen molar-refractivity contribution in [1.29, 1.82) is 0 Å². The first-order valence-corrected chi connectivity index (χ1v) is 9.58. The zero-order valence-corrected chi connectivity index (χ0v) is 17.2. The SMILES string of the molecule is CC=NC(Cl)=CC(C)n1nc(C(O)N2CNC(=O)C2)cc1-c1cc(C)cc(F)c1. The number of nitrogens with one attached hydrogen (secondary N) is 1. The van der Waals surface area contributed by atoms with E-state index in [0.29, 0.717) is 22.1 Å². The van der Waals surface area contributed by atoms with Gasteiger partial charge >= 0.3 is 0 Å². The van der Waals surface area contributed by atoms with Crippen molar-refractivity contribution in [2.24, 2.45) is 4.99 Å². The van der Waals surface area contributed by atoms with E-state index in [9.17, 15) is 14.3 Å². The van der Waals surface area contributed by atoms with E-state index in [2.05, 4.69) is 15.4 Å². The molecule has 0 spiro atoms. The van der Waals surface area contributed by atoms with Gasteiger partial charge in [0.05, 0.1) is 24.9 Å². The van der Waals surface area contributed by atoms with Crippen molar-refractivity contribution in [3.05, 3.63) is 52.6 Å². The van der Waals surface area contributed by atoms with E-state index in [1.807, 2.05) is 13.0 Å². The largest absolute Gasteiger partial charge is 0.372 e. The lowest BCUT2D eigenvalue weighted by atomic mass is 10.1. The molecule has 3 rings (SSSR count). The van der Waals surface area contributed by atoms with Crippen LogP contribution < -0.4 is 5.32 Å². The number of benzene rings is 1. The van der Waals surface area contributed by atoms with Crippen LogP contribution in [0.15, 0.2) is 40.5 Å². The van der Waals surface area contributed by atoms with Crippen LogP contribution in [-0.4, -0.2) is 45.1 Å². The minimum absolute atomic E-state index is 0.0783. The molecule has 29 heavy (non-hydrogen) atoms. The number of rotatable bonds is 6. The van der Waals surface area contributed by atoms with E-state index in [-0.39, 0.29) is 31.0 Å². The summed E-state index contributed by atoms with van der Waals surface area (Å²) in [6, 6.07) is 6.08. The number of carbonyl (C=O) groups is 1. The second-order valence-electron chi connectivity index (χ2n) is 6.91. The lowest BCUT2D eigenvalue weighted by Gasteiger charge is -2.18. The molecule has 0 radical (unpaired) electrons. The zero-order valence-electron chi connectivity index (χ0n) is 16.4. The molecule has 1 amide bonds. The summed E-state index contributed by atoms with van der Waals surface area (Å²) in [6.45, 7) is 5.74. The zero-order chi connectivity index (χ0) is 21.1. The molecular weight excluding hydrogens is 397 g/mol. The number of amides is 1. The number of aliphatic imine (C=N–C) groups is 1. The molecule has 0 bridgehead atoms. The average Bonchev–Trinajstić information content (AvgIpc) is 3.27. The van der Waals surface area contributed by atoms with E-state index in [1.165, 1.54) is 12.1 Å². The second kappa shape index (κ2) is 8.86. The Morgan fingerprint density at radius 1 is 1.41 bits per heavy atom. The Kier molecular flexibility index (Phi) is 6.46. The Labute approximate surface area is 173 Å². The van der Waals surface area contributed by atoms with Crippen LogP contribution in [-0.2, 0) is 4.79 Å². The summed E-state index contributed by atoms with van der Waals surface area (Å²) in [6.07, 6.45) is 2.21. The summed E-state index contributed by atoms with van der Waals surface area (Å²) in [5.41, 5.74) is 2.36. The molecule has 7 nitrogen and oxygen atoms in total. The molecule has 2 unspecified atom stereocenters. The number of aliphatic hydroxyl groups excluding tert-OH is 1. The smallest absolute Gasteiger partial charge is 0.235 e. The van der Waals surface area contributed by atoms with Gasteiger partial charge in [0.15, 0.2) is 6.23 Å². The molecule has 0 aliphatic carbocycles. The molecule has 1 aliphatic rings. The van der Waals surface area contributed by atoms with Gasteiger partial charge in [-0.3, -0.25) is 9.48 Å². The molecule has 9 heteroatoms. The Morgan fingerprint density at radius 2 is 2.17 bits per heavy atom. The Balaban J connectivity index is 2.05. The van der Waals surface area contributed by atoms with Crippen LogP contribution in [0.3, 0.4) is 0 Å². The standard InChI is InChI=1S/C20H23ClFN5O2/c1-4-23-18(21)7-13(3)27-17(14-5-12(2)6-15(22)8-14)9-16(25-27)20(29)26-10-19(28)24-11-26/h4-9,13,20,29H,10-11H2,1-3H3,(H,24,28). The third kappa shape index (κ3) is 4.90. The lowest BCUT2D eigenvalue weighted by molar-refractivity contribution is -0.119. The summed E-state index contributed by atoms with van der Waals surface area (Å²) in [5.74, 6) is -0.522. The van der Waals surface area contributed by atoms with E-state index in [0.717, 1.165) is 5.56 Å². The molecule has 2 atom stereocenters. The van der Waals surface area contributed by atoms with E-state index >= 15 is 0 Å². The lowest BCUT2D eigenvalue weighted by Crippen LogP contribution is -2.27. The minimum atomic E-state index is -1.08. The highest BCUT2D eigenvalue weighted by atomic mass is 35.5. The molecule has 2 heterocycles. The summed E-state index contributed by atoms with van der Waals surface area (Å²) >= 11 is 6.12. The number of carbonyl (C=O) groups excluding carboxylic acids is 1. The Morgan fingerprint density at radius 3 is 2.79 bits per heavy atom. The second-order valence-corrected chi connectivity index (χ2v) is 7.30. The van der Waals surface area contributed by atoms with Gasteiger partial charge in [0.2, 0.25) is 5.91 Å². The summed E-state index contributed by atoms with van der Waals surface area (Å²) in [7, 11) is 0. The number of nitrogens with zero attached hydrogens (tertiary/aromatic N) is 4. The predicted molar refractivity (Wildman–Crippen MR) is 110 cm³/mol. The van der Waals surface area contributed by atoms with Crippen LogP contribution in [0.25, 0.3) is 11.3 Å². The fourth-order valence-electron chi connectivity index (χ4n) is 3.23. The van der Waals surface area contributed by atoms with E-state index in [1.54, 1.807) is 41.8 Å². The maximum atomic E-state index is 14.0. The molecule has 2 N–H and O–H groups in total. The van der Waals surface area contributed by atoms with Gasteiger partial charge in [-0.05, 0) is 56.7 Å².